The van der Waals surface area contributed by atoms with Crippen LogP contribution in [0, 0.1) is 0 Å². The molecule has 0 aliphatic heterocycles. The van der Waals surface area contributed by atoms with Crippen molar-refractivity contribution >= 4 is 5.97 Å². The SMILES string of the molecule is O=C(On1cccn1)C(F)(F)F. The van der Waals surface area contributed by atoms with Gasteiger partial charge in [-0.15, -0.1) is 5.10 Å². The smallest absolute Gasteiger partial charge is 0.310 e. The number of alkyl halides is 3. The number of carbonyl (C=O) groups is 1. The fourth-order valence-electron chi connectivity index (χ4n) is 0.446. The number of hydrogen-bond acceptors (Lipinski definition) is 3. The molecule has 66 valence electrons. The molecule has 1 aromatic heterocycles. The van der Waals surface area contributed by atoms with Gasteiger partial charge in [-0.25, -0.2) is 4.79 Å². The number of rotatable bonds is 1. The first-order valence-electron chi connectivity index (χ1n) is 2.79. The Kier molecular flexibility index (Phi) is 2.03. The Morgan fingerprint density at radius 1 is 1.50 bits per heavy atom. The number of hydrogen-bond donors (Lipinski definition) is 0. The second-order valence-corrected chi connectivity index (χ2v) is 1.79. The van der Waals surface area contributed by atoms with Crippen molar-refractivity contribution in [2.75, 3.05) is 0 Å². The summed E-state index contributed by atoms with van der Waals surface area (Å²) >= 11 is 0. The van der Waals surface area contributed by atoms with Crippen LogP contribution in [0.1, 0.15) is 0 Å². The monoisotopic (exact) mass is 180 g/mol. The van der Waals surface area contributed by atoms with Gasteiger partial charge in [0.2, 0.25) is 0 Å². The normalized spacial score (nSPS) is 11.2. The third-order valence-electron chi connectivity index (χ3n) is 0.888. The van der Waals surface area contributed by atoms with Crippen LogP contribution < -0.4 is 4.84 Å². The highest BCUT2D eigenvalue weighted by molar-refractivity contribution is 5.75. The van der Waals surface area contributed by atoms with Crippen molar-refractivity contribution in [2.24, 2.45) is 0 Å². The molecule has 0 bridgehead atoms. The minimum absolute atomic E-state index is 0.426. The lowest BCUT2D eigenvalue weighted by atomic mass is 10.7. The molecule has 1 aromatic rings. The zero-order valence-corrected chi connectivity index (χ0v) is 5.58. The first-order valence-corrected chi connectivity index (χ1v) is 2.79. The summed E-state index contributed by atoms with van der Waals surface area (Å²) < 4.78 is 34.6. The van der Waals surface area contributed by atoms with Gasteiger partial charge < -0.3 is 4.84 Å². The average molecular weight is 180 g/mol. The number of carbonyl (C=O) groups excluding carboxylic acids is 1. The highest BCUT2D eigenvalue weighted by atomic mass is 19.4. The maximum Gasteiger partial charge on any atom is 0.493 e. The predicted molar refractivity (Wildman–Crippen MR) is 29.9 cm³/mol. The van der Waals surface area contributed by atoms with E-state index in [1.165, 1.54) is 12.3 Å². The van der Waals surface area contributed by atoms with Crippen LogP contribution in [0.5, 0.6) is 0 Å². The van der Waals surface area contributed by atoms with E-state index in [9.17, 15) is 18.0 Å². The van der Waals surface area contributed by atoms with Crippen molar-refractivity contribution in [3.8, 4) is 0 Å². The molecule has 1 rings (SSSR count). The van der Waals surface area contributed by atoms with E-state index in [0.29, 0.717) is 4.85 Å². The van der Waals surface area contributed by atoms with E-state index >= 15 is 0 Å². The zero-order valence-electron chi connectivity index (χ0n) is 5.58. The molecule has 0 aromatic carbocycles. The Morgan fingerprint density at radius 3 is 2.58 bits per heavy atom. The molecule has 0 radical (unpaired) electrons. The predicted octanol–water partition coefficient (Wildman–Crippen LogP) is 0.401. The summed E-state index contributed by atoms with van der Waals surface area (Å²) in [6.07, 6.45) is -2.74. The fraction of sp³-hybridized carbons (Fsp3) is 0.200. The maximum atomic E-state index is 11.5. The molecular weight excluding hydrogens is 177 g/mol. The summed E-state index contributed by atoms with van der Waals surface area (Å²) in [6, 6.07) is 1.32. The summed E-state index contributed by atoms with van der Waals surface area (Å²) in [5, 5.41) is 3.24. The van der Waals surface area contributed by atoms with Crippen LogP contribution in [0.25, 0.3) is 0 Å². The van der Waals surface area contributed by atoms with Gasteiger partial charge in [-0.3, -0.25) is 0 Å². The molecule has 0 saturated carbocycles. The fourth-order valence-corrected chi connectivity index (χ4v) is 0.446. The Balaban J connectivity index is 2.60. The van der Waals surface area contributed by atoms with Crippen molar-refractivity contribution in [1.82, 2.24) is 9.94 Å². The second-order valence-electron chi connectivity index (χ2n) is 1.79. The number of halogens is 3. The van der Waals surface area contributed by atoms with Gasteiger partial charge in [-0.2, -0.15) is 13.2 Å². The molecule has 0 unspecified atom stereocenters. The van der Waals surface area contributed by atoms with Crippen LogP contribution in [-0.2, 0) is 4.79 Å². The van der Waals surface area contributed by atoms with E-state index in [4.69, 9.17) is 0 Å². The van der Waals surface area contributed by atoms with Gasteiger partial charge in [-0.05, 0) is 6.07 Å². The molecule has 0 aliphatic rings. The van der Waals surface area contributed by atoms with E-state index in [1.807, 2.05) is 0 Å². The van der Waals surface area contributed by atoms with Crippen molar-refractivity contribution in [3.05, 3.63) is 18.5 Å². The molecule has 0 fully saturated rings. The Labute approximate surface area is 64.5 Å². The van der Waals surface area contributed by atoms with Crippen molar-refractivity contribution in [2.45, 2.75) is 6.18 Å². The van der Waals surface area contributed by atoms with Gasteiger partial charge in [0, 0.05) is 0 Å². The van der Waals surface area contributed by atoms with Crippen molar-refractivity contribution < 1.29 is 22.8 Å². The van der Waals surface area contributed by atoms with E-state index in [0.717, 1.165) is 6.20 Å². The van der Waals surface area contributed by atoms with Crippen LogP contribution in [0.3, 0.4) is 0 Å². The molecule has 7 heteroatoms. The van der Waals surface area contributed by atoms with Gasteiger partial charge in [0.05, 0.1) is 12.4 Å². The lowest BCUT2D eigenvalue weighted by Gasteiger charge is -2.04. The molecule has 0 spiro atoms. The Hall–Kier alpha value is -1.53. The molecule has 12 heavy (non-hydrogen) atoms. The van der Waals surface area contributed by atoms with Gasteiger partial charge in [-0.1, -0.05) is 4.85 Å². The molecule has 0 aliphatic carbocycles. The number of nitrogens with zero attached hydrogens (tertiary/aromatic N) is 2. The van der Waals surface area contributed by atoms with E-state index < -0.39 is 12.1 Å². The minimum Gasteiger partial charge on any atom is -0.310 e. The molecular formula is C5H3F3N2O2. The zero-order chi connectivity index (χ0) is 9.19. The topological polar surface area (TPSA) is 44.1 Å². The van der Waals surface area contributed by atoms with Crippen LogP contribution in [0.15, 0.2) is 18.5 Å². The number of aromatic nitrogens is 2. The van der Waals surface area contributed by atoms with Crippen molar-refractivity contribution in [1.29, 1.82) is 0 Å². The molecule has 4 nitrogen and oxygen atoms in total. The third kappa shape index (κ3) is 1.97. The maximum absolute atomic E-state index is 11.5. The second kappa shape index (κ2) is 2.84. The lowest BCUT2D eigenvalue weighted by molar-refractivity contribution is -0.201. The molecule has 0 saturated heterocycles. The summed E-state index contributed by atoms with van der Waals surface area (Å²) in [5.41, 5.74) is 0. The van der Waals surface area contributed by atoms with Gasteiger partial charge in [0.15, 0.2) is 0 Å². The first kappa shape index (κ1) is 8.57. The standard InChI is InChI=1S/C5H3F3N2O2/c6-5(7,8)4(11)12-10-3-1-2-9-10/h1-3H. The summed E-state index contributed by atoms with van der Waals surface area (Å²) in [4.78, 5) is 14.3. The van der Waals surface area contributed by atoms with E-state index in [2.05, 4.69) is 9.94 Å². The van der Waals surface area contributed by atoms with Crippen LogP contribution in [-0.4, -0.2) is 22.1 Å². The Bertz CT molecular complexity index is 267. The third-order valence-corrected chi connectivity index (χ3v) is 0.888. The average Bonchev–Trinajstić information content (AvgIpc) is 2.37. The van der Waals surface area contributed by atoms with Gasteiger partial charge in [0.25, 0.3) is 0 Å². The van der Waals surface area contributed by atoms with Crippen LogP contribution in [0.4, 0.5) is 13.2 Å². The molecule has 0 amide bonds. The van der Waals surface area contributed by atoms with Crippen LogP contribution >= 0.6 is 0 Å². The first-order chi connectivity index (χ1) is 5.50. The largest absolute Gasteiger partial charge is 0.493 e. The van der Waals surface area contributed by atoms with E-state index in [-0.39, 0.29) is 0 Å². The van der Waals surface area contributed by atoms with E-state index in [1.54, 1.807) is 0 Å². The molecule has 0 N–H and O–H groups in total. The highest BCUT2D eigenvalue weighted by Crippen LogP contribution is 2.14. The quantitative estimate of drug-likeness (QED) is 0.628. The summed E-state index contributed by atoms with van der Waals surface area (Å²) in [6.45, 7) is 0. The summed E-state index contributed by atoms with van der Waals surface area (Å²) in [7, 11) is 0. The highest BCUT2D eigenvalue weighted by Gasteiger charge is 2.42. The van der Waals surface area contributed by atoms with Gasteiger partial charge in [0.1, 0.15) is 0 Å². The van der Waals surface area contributed by atoms with Crippen LogP contribution in [0.2, 0.25) is 0 Å². The van der Waals surface area contributed by atoms with Crippen molar-refractivity contribution in [3.63, 3.8) is 0 Å². The summed E-state index contributed by atoms with van der Waals surface area (Å²) in [5.74, 6) is -2.30. The lowest BCUT2D eigenvalue weighted by Crippen LogP contribution is -2.33. The molecule has 0 atom stereocenters. The van der Waals surface area contributed by atoms with Gasteiger partial charge >= 0.3 is 12.1 Å². The minimum atomic E-state index is -4.99. The Morgan fingerprint density at radius 2 is 2.17 bits per heavy atom. The molecule has 1 heterocycles.